The van der Waals surface area contributed by atoms with Crippen LogP contribution >= 0.6 is 0 Å². The Labute approximate surface area is 222 Å². The second-order valence-electron chi connectivity index (χ2n) is 12.2. The zero-order chi connectivity index (χ0) is 26.3. The number of hydrogen-bond acceptors (Lipinski definition) is 5. The van der Waals surface area contributed by atoms with E-state index in [1.165, 1.54) is 21.7 Å². The second-order valence-corrected chi connectivity index (χ2v) is 12.2. The number of rotatable bonds is 4. The molecular weight excluding hydrogens is 485 g/mol. The van der Waals surface area contributed by atoms with Crippen LogP contribution in [0.3, 0.4) is 0 Å². The highest BCUT2D eigenvalue weighted by atomic mass is 19.1. The molecule has 3 aliphatic carbocycles. The van der Waals surface area contributed by atoms with Gasteiger partial charge in [0.15, 0.2) is 5.69 Å². The summed E-state index contributed by atoms with van der Waals surface area (Å²) in [5.41, 5.74) is 6.11. The number of anilines is 1. The molecule has 4 fully saturated rings. The average Bonchev–Trinajstić information content (AvgIpc) is 3.78. The van der Waals surface area contributed by atoms with Gasteiger partial charge in [0.25, 0.3) is 5.91 Å². The number of hydrogen-bond donors (Lipinski definition) is 1. The Bertz CT molecular complexity index is 1320. The Morgan fingerprint density at radius 2 is 2.00 bits per heavy atom. The van der Waals surface area contributed by atoms with Crippen LogP contribution in [0.15, 0.2) is 18.2 Å². The van der Waals surface area contributed by atoms with E-state index in [2.05, 4.69) is 41.8 Å². The van der Waals surface area contributed by atoms with Crippen molar-refractivity contribution in [3.8, 4) is 0 Å². The molecule has 2 aromatic rings. The number of aromatic nitrogens is 2. The number of alkyl halides is 1. The Balaban J connectivity index is 1.10. The number of nitrogens with zero attached hydrogens (tertiary/aromatic N) is 5. The number of piperidine rings is 1. The first-order valence-electron chi connectivity index (χ1n) is 14.1. The third-order valence-corrected chi connectivity index (χ3v) is 9.83. The van der Waals surface area contributed by atoms with E-state index in [1.54, 1.807) is 4.68 Å². The minimum atomic E-state index is -1.44. The van der Waals surface area contributed by atoms with Crippen molar-refractivity contribution in [2.75, 3.05) is 37.6 Å². The lowest BCUT2D eigenvalue weighted by Gasteiger charge is -2.44. The third-order valence-electron chi connectivity index (χ3n) is 9.83. The highest BCUT2D eigenvalue weighted by Crippen LogP contribution is 2.57. The van der Waals surface area contributed by atoms with E-state index in [0.29, 0.717) is 30.6 Å². The summed E-state index contributed by atoms with van der Waals surface area (Å²) in [6.07, 6.45) is 1.71. The molecule has 3 heterocycles. The van der Waals surface area contributed by atoms with Crippen molar-refractivity contribution in [2.45, 2.75) is 76.2 Å². The zero-order valence-electron chi connectivity index (χ0n) is 22.2. The third kappa shape index (κ3) is 3.76. The molecule has 1 aromatic carbocycles. The Hall–Kier alpha value is -2.94. The van der Waals surface area contributed by atoms with Crippen molar-refractivity contribution < 1.29 is 19.1 Å². The summed E-state index contributed by atoms with van der Waals surface area (Å²) in [4.78, 5) is 33.1. The smallest absolute Gasteiger partial charge is 0.274 e. The van der Waals surface area contributed by atoms with Crippen LogP contribution in [0.25, 0.3) is 0 Å². The maximum absolute atomic E-state index is 14.2. The molecule has 0 radical (unpaired) electrons. The van der Waals surface area contributed by atoms with E-state index in [9.17, 15) is 19.1 Å². The Kier molecular flexibility index (Phi) is 5.42. The van der Waals surface area contributed by atoms with Crippen LogP contribution in [0.4, 0.5) is 10.1 Å². The van der Waals surface area contributed by atoms with Gasteiger partial charge in [-0.3, -0.25) is 14.3 Å². The minimum Gasteiger partial charge on any atom is -0.390 e. The number of aliphatic hydroxyl groups excluding tert-OH is 1. The van der Waals surface area contributed by atoms with Gasteiger partial charge in [0.2, 0.25) is 5.91 Å². The van der Waals surface area contributed by atoms with Gasteiger partial charge in [0, 0.05) is 43.1 Å². The highest BCUT2D eigenvalue weighted by Gasteiger charge is 2.54. The van der Waals surface area contributed by atoms with Crippen LogP contribution in [0.1, 0.15) is 64.5 Å². The van der Waals surface area contributed by atoms with E-state index < -0.39 is 12.3 Å². The Morgan fingerprint density at radius 3 is 2.76 bits per heavy atom. The number of aliphatic hydroxyl groups is 1. The first-order valence-corrected chi connectivity index (χ1v) is 14.1. The van der Waals surface area contributed by atoms with Crippen LogP contribution < -0.4 is 4.90 Å². The summed E-state index contributed by atoms with van der Waals surface area (Å²) >= 11 is 0. The van der Waals surface area contributed by atoms with Crippen LogP contribution in [-0.4, -0.2) is 87.0 Å². The lowest BCUT2D eigenvalue weighted by atomic mass is 10.0. The summed E-state index contributed by atoms with van der Waals surface area (Å²) in [6.45, 7) is 6.99. The number of piperazine rings is 1. The number of halogens is 1. The summed E-state index contributed by atoms with van der Waals surface area (Å²) in [5.74, 6) is 0.664. The van der Waals surface area contributed by atoms with Gasteiger partial charge in [0.05, 0.1) is 18.2 Å². The number of amides is 2. The van der Waals surface area contributed by atoms with Crippen LogP contribution in [0.5, 0.6) is 0 Å². The van der Waals surface area contributed by atoms with Gasteiger partial charge in [-0.1, -0.05) is 12.1 Å². The Morgan fingerprint density at radius 1 is 1.18 bits per heavy atom. The fourth-order valence-corrected chi connectivity index (χ4v) is 7.14. The van der Waals surface area contributed by atoms with E-state index >= 15 is 0 Å². The number of likely N-dealkylation sites (tertiary alicyclic amines) is 1. The van der Waals surface area contributed by atoms with Crippen molar-refractivity contribution >= 4 is 17.5 Å². The van der Waals surface area contributed by atoms with E-state index in [1.807, 2.05) is 0 Å². The molecule has 4 atom stereocenters. The summed E-state index contributed by atoms with van der Waals surface area (Å²) in [6, 6.07) is 6.43. The molecule has 0 unspecified atom stereocenters. The second kappa shape index (κ2) is 8.53. The van der Waals surface area contributed by atoms with Crippen LogP contribution in [0, 0.1) is 19.8 Å². The summed E-state index contributed by atoms with van der Waals surface area (Å²) < 4.78 is 16.0. The lowest BCUT2D eigenvalue weighted by molar-refractivity contribution is -0.135. The topological polar surface area (TPSA) is 81.9 Å². The number of carbonyl (C=O) groups is 2. The van der Waals surface area contributed by atoms with Gasteiger partial charge in [-0.05, 0) is 75.0 Å². The number of benzene rings is 1. The SMILES string of the molecule is Cc1cccc(N2CCN(C(=O)Cn3nc(C(=O)N4CC[C@@H](O)[C@@H](F)C4)c4c3C[C@H]3C[C@@H]43)C3(CC3)C2)c1C. The van der Waals surface area contributed by atoms with Crippen molar-refractivity contribution in [2.24, 2.45) is 5.92 Å². The summed E-state index contributed by atoms with van der Waals surface area (Å²) in [7, 11) is 0. The molecular formula is C29H36FN5O3. The van der Waals surface area contributed by atoms with Crippen molar-refractivity contribution in [3.63, 3.8) is 0 Å². The van der Waals surface area contributed by atoms with Crippen molar-refractivity contribution in [3.05, 3.63) is 46.3 Å². The number of aryl methyl sites for hydroxylation is 1. The molecule has 8 nitrogen and oxygen atoms in total. The van der Waals surface area contributed by atoms with Crippen LogP contribution in [0.2, 0.25) is 0 Å². The van der Waals surface area contributed by atoms with Gasteiger partial charge in [-0.15, -0.1) is 0 Å². The summed E-state index contributed by atoms with van der Waals surface area (Å²) in [5, 5.41) is 14.5. The first-order chi connectivity index (χ1) is 18.3. The molecule has 1 spiro atoms. The monoisotopic (exact) mass is 521 g/mol. The zero-order valence-corrected chi connectivity index (χ0v) is 22.2. The molecule has 0 bridgehead atoms. The molecule has 2 aliphatic heterocycles. The van der Waals surface area contributed by atoms with E-state index in [-0.39, 0.29) is 36.9 Å². The normalized spacial score (nSPS) is 28.9. The largest absolute Gasteiger partial charge is 0.390 e. The quantitative estimate of drug-likeness (QED) is 0.669. The average molecular weight is 522 g/mol. The maximum Gasteiger partial charge on any atom is 0.274 e. The molecule has 2 amide bonds. The first kappa shape index (κ1) is 24.1. The molecule has 7 rings (SSSR count). The standard InChI is InChI=1S/C29H36FN5O3/c1-17-4-3-5-22(18(17)2)33-10-11-34(29(16-33)7-8-29)25(37)15-35-23-13-19-12-20(19)26(23)27(31-35)28(38)32-9-6-24(36)21(30)14-32/h3-5,19-21,24,36H,6-16H2,1-2H3/t19-,20-,21+,24-/m1/s1. The van der Waals surface area contributed by atoms with Crippen LogP contribution in [-0.2, 0) is 17.8 Å². The minimum absolute atomic E-state index is 0.0675. The van der Waals surface area contributed by atoms with Gasteiger partial charge < -0.3 is 19.8 Å². The number of carbonyl (C=O) groups excluding carboxylic acids is 2. The highest BCUT2D eigenvalue weighted by molar-refractivity contribution is 5.95. The van der Waals surface area contributed by atoms with Gasteiger partial charge >= 0.3 is 0 Å². The van der Waals surface area contributed by atoms with Gasteiger partial charge in [0.1, 0.15) is 12.7 Å². The fraction of sp³-hybridized carbons (Fsp3) is 0.621. The van der Waals surface area contributed by atoms with E-state index in [0.717, 1.165) is 50.0 Å². The fourth-order valence-electron chi connectivity index (χ4n) is 7.14. The molecule has 5 aliphatic rings. The molecule has 2 saturated carbocycles. The maximum atomic E-state index is 14.2. The molecule has 38 heavy (non-hydrogen) atoms. The van der Waals surface area contributed by atoms with Crippen molar-refractivity contribution in [1.82, 2.24) is 19.6 Å². The number of fused-ring (bicyclic) bond motifs is 3. The van der Waals surface area contributed by atoms with Gasteiger partial charge in [-0.2, -0.15) is 5.10 Å². The predicted molar refractivity (Wildman–Crippen MR) is 140 cm³/mol. The van der Waals surface area contributed by atoms with Crippen molar-refractivity contribution in [1.29, 1.82) is 0 Å². The molecule has 1 N–H and O–H groups in total. The van der Waals surface area contributed by atoms with E-state index in [4.69, 9.17) is 5.10 Å². The predicted octanol–water partition coefficient (Wildman–Crippen LogP) is 2.59. The molecule has 202 valence electrons. The lowest BCUT2D eigenvalue weighted by Crippen LogP contribution is -2.58. The molecule has 9 heteroatoms. The van der Waals surface area contributed by atoms with Gasteiger partial charge in [-0.25, -0.2) is 4.39 Å². The molecule has 1 aromatic heterocycles. The molecule has 2 saturated heterocycles.